The van der Waals surface area contributed by atoms with Crippen LogP contribution in [-0.4, -0.2) is 32.9 Å². The monoisotopic (exact) mass is 222 g/mol. The summed E-state index contributed by atoms with van der Waals surface area (Å²) in [5.74, 6) is 0.893. The van der Waals surface area contributed by atoms with Crippen LogP contribution in [0.5, 0.6) is 5.75 Å². The minimum atomic E-state index is 0.182. The molecule has 0 fully saturated rings. The smallest absolute Gasteiger partial charge is 0.144 e. The topological polar surface area (TPSA) is 42.5 Å². The highest BCUT2D eigenvalue weighted by Gasteiger charge is 2.17. The van der Waals surface area contributed by atoms with Crippen molar-refractivity contribution >= 4 is 11.4 Å². The van der Waals surface area contributed by atoms with Gasteiger partial charge in [-0.25, -0.2) is 0 Å². The number of anilines is 2. The molecule has 1 atom stereocenters. The molecule has 1 aromatic rings. The van der Waals surface area contributed by atoms with E-state index in [2.05, 4.69) is 10.6 Å². The van der Waals surface area contributed by atoms with E-state index in [0.717, 1.165) is 30.2 Å². The van der Waals surface area contributed by atoms with Crippen LogP contribution in [0.3, 0.4) is 0 Å². The van der Waals surface area contributed by atoms with Gasteiger partial charge < -0.3 is 20.1 Å². The Morgan fingerprint density at radius 2 is 2.12 bits per heavy atom. The molecule has 1 heterocycles. The number of fused-ring (bicyclic) bond motifs is 1. The van der Waals surface area contributed by atoms with Crippen LogP contribution in [0.4, 0.5) is 11.4 Å². The predicted molar refractivity (Wildman–Crippen MR) is 65.4 cm³/mol. The molecule has 0 saturated carbocycles. The van der Waals surface area contributed by atoms with Crippen LogP contribution in [0.25, 0.3) is 0 Å². The van der Waals surface area contributed by atoms with Crippen LogP contribution < -0.4 is 15.4 Å². The second kappa shape index (κ2) is 5.07. The summed E-state index contributed by atoms with van der Waals surface area (Å²) < 4.78 is 10.9. The Bertz CT molecular complexity index is 355. The van der Waals surface area contributed by atoms with Crippen molar-refractivity contribution in [2.45, 2.75) is 13.0 Å². The van der Waals surface area contributed by atoms with Gasteiger partial charge in [0.2, 0.25) is 0 Å². The third kappa shape index (κ3) is 2.22. The van der Waals surface area contributed by atoms with Crippen LogP contribution in [0.1, 0.15) is 6.92 Å². The van der Waals surface area contributed by atoms with Gasteiger partial charge in [0.1, 0.15) is 11.4 Å². The molecule has 0 bridgehead atoms. The Morgan fingerprint density at radius 3 is 2.88 bits per heavy atom. The third-order valence-corrected chi connectivity index (χ3v) is 2.69. The molecule has 1 aromatic carbocycles. The SMILES string of the molecule is CCOc1cccc2c1NCC(OC)CN2. The minimum absolute atomic E-state index is 0.182. The molecule has 2 N–H and O–H groups in total. The zero-order chi connectivity index (χ0) is 11.4. The quantitative estimate of drug-likeness (QED) is 0.820. The number of hydrogen-bond donors (Lipinski definition) is 2. The van der Waals surface area contributed by atoms with Crippen molar-refractivity contribution in [2.24, 2.45) is 0 Å². The lowest BCUT2D eigenvalue weighted by Gasteiger charge is -2.13. The number of hydrogen-bond acceptors (Lipinski definition) is 4. The first-order valence-corrected chi connectivity index (χ1v) is 5.61. The van der Waals surface area contributed by atoms with E-state index in [-0.39, 0.29) is 6.10 Å². The summed E-state index contributed by atoms with van der Waals surface area (Å²) in [6, 6.07) is 6.01. The lowest BCUT2D eigenvalue weighted by molar-refractivity contribution is 0.124. The Kier molecular flexibility index (Phi) is 3.51. The highest BCUT2D eigenvalue weighted by atomic mass is 16.5. The molecule has 2 rings (SSSR count). The molecule has 0 aromatic heterocycles. The maximum absolute atomic E-state index is 5.59. The van der Waals surface area contributed by atoms with Gasteiger partial charge in [0.25, 0.3) is 0 Å². The standard InChI is InChI=1S/C12H18N2O2/c1-3-16-11-6-4-5-10-12(11)14-8-9(15-2)7-13-10/h4-6,9,13-14H,3,7-8H2,1-2H3. The van der Waals surface area contributed by atoms with Gasteiger partial charge in [-0.2, -0.15) is 0 Å². The average Bonchev–Trinajstić information content (AvgIpc) is 2.52. The Morgan fingerprint density at radius 1 is 1.31 bits per heavy atom. The van der Waals surface area contributed by atoms with E-state index >= 15 is 0 Å². The van der Waals surface area contributed by atoms with E-state index in [9.17, 15) is 0 Å². The van der Waals surface area contributed by atoms with Crippen molar-refractivity contribution in [1.29, 1.82) is 0 Å². The fraction of sp³-hybridized carbons (Fsp3) is 0.500. The summed E-state index contributed by atoms with van der Waals surface area (Å²) in [5.41, 5.74) is 2.11. The normalized spacial score (nSPS) is 19.0. The molecule has 1 aliphatic heterocycles. The van der Waals surface area contributed by atoms with Gasteiger partial charge >= 0.3 is 0 Å². The number of nitrogens with one attached hydrogen (secondary N) is 2. The van der Waals surface area contributed by atoms with Crippen LogP contribution in [0.2, 0.25) is 0 Å². The lowest BCUT2D eigenvalue weighted by Crippen LogP contribution is -2.26. The number of methoxy groups -OCH3 is 1. The van der Waals surface area contributed by atoms with Crippen LogP contribution >= 0.6 is 0 Å². The van der Waals surface area contributed by atoms with Gasteiger partial charge in [-0.05, 0) is 19.1 Å². The molecule has 1 unspecified atom stereocenters. The first-order chi connectivity index (χ1) is 7.85. The lowest BCUT2D eigenvalue weighted by atomic mass is 10.2. The second-order valence-electron chi connectivity index (χ2n) is 3.73. The molecule has 88 valence electrons. The molecule has 0 radical (unpaired) electrons. The molecule has 0 spiro atoms. The second-order valence-corrected chi connectivity index (χ2v) is 3.73. The first-order valence-electron chi connectivity index (χ1n) is 5.61. The fourth-order valence-corrected chi connectivity index (χ4v) is 1.82. The van der Waals surface area contributed by atoms with Gasteiger partial charge in [-0.15, -0.1) is 0 Å². The molecule has 4 heteroatoms. The molecular weight excluding hydrogens is 204 g/mol. The van der Waals surface area contributed by atoms with Crippen molar-refractivity contribution in [3.8, 4) is 5.75 Å². The maximum atomic E-state index is 5.59. The van der Waals surface area contributed by atoms with Crippen molar-refractivity contribution in [2.75, 3.05) is 37.4 Å². The molecule has 0 saturated heterocycles. The maximum Gasteiger partial charge on any atom is 0.144 e. The Hall–Kier alpha value is -1.42. The molecule has 0 aliphatic carbocycles. The van der Waals surface area contributed by atoms with E-state index in [1.54, 1.807) is 7.11 Å². The third-order valence-electron chi connectivity index (χ3n) is 2.69. The molecule has 0 amide bonds. The number of ether oxygens (including phenoxy) is 2. The van der Waals surface area contributed by atoms with Gasteiger partial charge in [0.15, 0.2) is 0 Å². The summed E-state index contributed by atoms with van der Waals surface area (Å²) in [6.45, 7) is 4.26. The largest absolute Gasteiger partial charge is 0.492 e. The van der Waals surface area contributed by atoms with Crippen molar-refractivity contribution in [3.05, 3.63) is 18.2 Å². The molecule has 1 aliphatic rings. The van der Waals surface area contributed by atoms with E-state index in [1.807, 2.05) is 25.1 Å². The highest BCUT2D eigenvalue weighted by Crippen LogP contribution is 2.33. The van der Waals surface area contributed by atoms with Gasteiger partial charge in [-0.3, -0.25) is 0 Å². The Balaban J connectivity index is 2.23. The van der Waals surface area contributed by atoms with Crippen LogP contribution in [-0.2, 0) is 4.74 Å². The average molecular weight is 222 g/mol. The zero-order valence-corrected chi connectivity index (χ0v) is 9.75. The van der Waals surface area contributed by atoms with E-state index in [0.29, 0.717) is 6.61 Å². The molecular formula is C12H18N2O2. The Labute approximate surface area is 95.9 Å². The van der Waals surface area contributed by atoms with Crippen molar-refractivity contribution in [3.63, 3.8) is 0 Å². The number of para-hydroxylation sites is 1. The van der Waals surface area contributed by atoms with Gasteiger partial charge in [0, 0.05) is 20.2 Å². The molecule has 16 heavy (non-hydrogen) atoms. The fourth-order valence-electron chi connectivity index (χ4n) is 1.82. The molecule has 4 nitrogen and oxygen atoms in total. The summed E-state index contributed by atoms with van der Waals surface area (Å²) in [7, 11) is 1.73. The summed E-state index contributed by atoms with van der Waals surface area (Å²) in [4.78, 5) is 0. The van der Waals surface area contributed by atoms with Gasteiger partial charge in [0.05, 0.1) is 18.4 Å². The van der Waals surface area contributed by atoms with Crippen LogP contribution in [0, 0.1) is 0 Å². The van der Waals surface area contributed by atoms with Gasteiger partial charge in [-0.1, -0.05) is 6.07 Å². The summed E-state index contributed by atoms with van der Waals surface area (Å²) in [6.07, 6.45) is 0.182. The van der Waals surface area contributed by atoms with Crippen LogP contribution in [0.15, 0.2) is 18.2 Å². The first kappa shape index (κ1) is 11.1. The van der Waals surface area contributed by atoms with Crippen molar-refractivity contribution in [1.82, 2.24) is 0 Å². The zero-order valence-electron chi connectivity index (χ0n) is 9.75. The van der Waals surface area contributed by atoms with Crippen molar-refractivity contribution < 1.29 is 9.47 Å². The predicted octanol–water partition coefficient (Wildman–Crippen LogP) is 1.94. The highest BCUT2D eigenvalue weighted by molar-refractivity contribution is 5.76. The van der Waals surface area contributed by atoms with E-state index in [1.165, 1.54) is 0 Å². The summed E-state index contributed by atoms with van der Waals surface area (Å²) >= 11 is 0. The van der Waals surface area contributed by atoms with E-state index in [4.69, 9.17) is 9.47 Å². The summed E-state index contributed by atoms with van der Waals surface area (Å²) in [5, 5.41) is 6.72. The van der Waals surface area contributed by atoms with E-state index < -0.39 is 0 Å². The number of benzene rings is 1. The minimum Gasteiger partial charge on any atom is -0.492 e. The number of rotatable bonds is 3.